The van der Waals surface area contributed by atoms with E-state index in [-0.39, 0.29) is 6.04 Å². The van der Waals surface area contributed by atoms with Gasteiger partial charge in [0.1, 0.15) is 11.3 Å². The number of hydrogen-bond acceptors (Lipinski definition) is 5. The molecular weight excluding hydrogens is 328 g/mol. The Morgan fingerprint density at radius 3 is 2.92 bits per heavy atom. The van der Waals surface area contributed by atoms with Crippen LogP contribution in [-0.4, -0.2) is 47.6 Å². The van der Waals surface area contributed by atoms with Crippen molar-refractivity contribution in [3.8, 4) is 0 Å². The van der Waals surface area contributed by atoms with Gasteiger partial charge < -0.3 is 9.67 Å². The van der Waals surface area contributed by atoms with Crippen LogP contribution in [0.3, 0.4) is 0 Å². The van der Waals surface area contributed by atoms with Crippen LogP contribution in [0.15, 0.2) is 30.7 Å². The molecule has 0 saturated carbocycles. The molecule has 1 aliphatic rings. The van der Waals surface area contributed by atoms with Gasteiger partial charge in [-0.1, -0.05) is 11.3 Å². The van der Waals surface area contributed by atoms with E-state index in [1.165, 1.54) is 5.56 Å². The van der Waals surface area contributed by atoms with E-state index in [9.17, 15) is 5.11 Å². The maximum absolute atomic E-state index is 11.2. The zero-order valence-electron chi connectivity index (χ0n) is 15.6. The number of β-amino-alcohol motifs (C(OH)–C–C–N with tert-alkyl or cyclic N) is 1. The van der Waals surface area contributed by atoms with E-state index >= 15 is 0 Å². The average molecular weight is 354 g/mol. The smallest absolute Gasteiger partial charge is 0.123 e. The van der Waals surface area contributed by atoms with Crippen molar-refractivity contribution in [3.05, 3.63) is 42.0 Å². The number of rotatable bonds is 4. The summed E-state index contributed by atoms with van der Waals surface area (Å²) in [7, 11) is 2.00. The average Bonchev–Trinajstić information content (AvgIpc) is 3.23. The molecule has 0 spiro atoms. The van der Waals surface area contributed by atoms with Crippen LogP contribution in [0.5, 0.6) is 0 Å². The summed E-state index contributed by atoms with van der Waals surface area (Å²) in [6.07, 6.45) is 5.39. The Hall–Kier alpha value is -2.25. The number of likely N-dealkylation sites (tertiary alicyclic amines) is 1. The Morgan fingerprint density at radius 1 is 1.31 bits per heavy atom. The molecule has 1 fully saturated rings. The van der Waals surface area contributed by atoms with Gasteiger partial charge in [0.25, 0.3) is 0 Å². The fraction of sp³-hybridized carbons (Fsp3) is 0.526. The van der Waals surface area contributed by atoms with Gasteiger partial charge in [-0.15, -0.1) is 5.10 Å². The molecule has 1 aromatic carbocycles. The Kier molecular flexibility index (Phi) is 4.28. The highest BCUT2D eigenvalue weighted by atomic mass is 16.3. The third-order valence-electron chi connectivity index (χ3n) is 5.26. The SMILES string of the molecule is CC(C)n1cc([C@@]2(O)CCCN(Cc3ccc4c(c3)ncn4C)C2)nn1. The first-order valence-electron chi connectivity index (χ1n) is 9.22. The van der Waals surface area contributed by atoms with Crippen molar-refractivity contribution in [2.45, 2.75) is 44.9 Å². The Morgan fingerprint density at radius 2 is 2.15 bits per heavy atom. The van der Waals surface area contributed by atoms with Gasteiger partial charge in [-0.25, -0.2) is 9.67 Å². The highest BCUT2D eigenvalue weighted by Crippen LogP contribution is 2.31. The minimum absolute atomic E-state index is 0.240. The zero-order valence-corrected chi connectivity index (χ0v) is 15.6. The fourth-order valence-electron chi connectivity index (χ4n) is 3.75. The van der Waals surface area contributed by atoms with Gasteiger partial charge >= 0.3 is 0 Å². The Bertz CT molecular complexity index is 914. The molecule has 7 heteroatoms. The van der Waals surface area contributed by atoms with Gasteiger partial charge in [-0.2, -0.15) is 0 Å². The lowest BCUT2D eigenvalue weighted by atomic mass is 9.89. The maximum Gasteiger partial charge on any atom is 0.123 e. The number of imidazole rings is 1. The second-order valence-electron chi connectivity index (χ2n) is 7.70. The highest BCUT2D eigenvalue weighted by Gasteiger charge is 2.37. The molecular formula is C19H26N6O. The van der Waals surface area contributed by atoms with E-state index in [1.54, 1.807) is 4.68 Å². The number of piperidine rings is 1. The molecule has 1 atom stereocenters. The summed E-state index contributed by atoms with van der Waals surface area (Å²) in [5, 5.41) is 19.6. The Labute approximate surface area is 153 Å². The quantitative estimate of drug-likeness (QED) is 0.778. The van der Waals surface area contributed by atoms with Crippen LogP contribution in [0, 0.1) is 0 Å². The number of benzene rings is 1. The van der Waals surface area contributed by atoms with Crippen LogP contribution >= 0.6 is 0 Å². The molecule has 1 aliphatic heterocycles. The van der Waals surface area contributed by atoms with Crippen LogP contribution in [0.25, 0.3) is 11.0 Å². The van der Waals surface area contributed by atoms with Crippen molar-refractivity contribution in [1.29, 1.82) is 0 Å². The van der Waals surface area contributed by atoms with Crippen LogP contribution in [-0.2, 0) is 19.2 Å². The molecule has 1 N–H and O–H groups in total. The summed E-state index contributed by atoms with van der Waals surface area (Å²) in [5.41, 5.74) is 3.11. The van der Waals surface area contributed by atoms with E-state index in [1.807, 2.05) is 24.1 Å². The summed E-state index contributed by atoms with van der Waals surface area (Å²) < 4.78 is 3.83. The second kappa shape index (κ2) is 6.48. The molecule has 0 amide bonds. The number of hydrogen-bond donors (Lipinski definition) is 1. The zero-order chi connectivity index (χ0) is 18.3. The second-order valence-corrected chi connectivity index (χ2v) is 7.70. The molecule has 26 heavy (non-hydrogen) atoms. The first kappa shape index (κ1) is 17.2. The molecule has 7 nitrogen and oxygen atoms in total. The van der Waals surface area contributed by atoms with Crippen molar-refractivity contribution < 1.29 is 5.11 Å². The lowest BCUT2D eigenvalue weighted by molar-refractivity contribution is -0.0414. The normalized spacial score (nSPS) is 21.7. The lowest BCUT2D eigenvalue weighted by Crippen LogP contribution is -2.45. The van der Waals surface area contributed by atoms with Crippen molar-refractivity contribution in [2.24, 2.45) is 7.05 Å². The van der Waals surface area contributed by atoms with E-state index < -0.39 is 5.60 Å². The van der Waals surface area contributed by atoms with E-state index in [2.05, 4.69) is 52.2 Å². The molecule has 0 unspecified atom stereocenters. The molecule has 138 valence electrons. The minimum atomic E-state index is -0.930. The predicted octanol–water partition coefficient (Wildman–Crippen LogP) is 2.23. The van der Waals surface area contributed by atoms with Gasteiger partial charge in [0.05, 0.1) is 23.6 Å². The predicted molar refractivity (Wildman–Crippen MR) is 99.5 cm³/mol. The van der Waals surface area contributed by atoms with Gasteiger partial charge in [-0.3, -0.25) is 4.90 Å². The topological polar surface area (TPSA) is 72.0 Å². The molecule has 3 aromatic rings. The first-order chi connectivity index (χ1) is 12.4. The number of aryl methyl sites for hydroxylation is 1. The summed E-state index contributed by atoms with van der Waals surface area (Å²) >= 11 is 0. The monoisotopic (exact) mass is 354 g/mol. The van der Waals surface area contributed by atoms with Crippen molar-refractivity contribution in [1.82, 2.24) is 29.4 Å². The van der Waals surface area contributed by atoms with Crippen molar-refractivity contribution >= 4 is 11.0 Å². The first-order valence-corrected chi connectivity index (χ1v) is 9.22. The van der Waals surface area contributed by atoms with Gasteiger partial charge in [0.15, 0.2) is 0 Å². The summed E-state index contributed by atoms with van der Waals surface area (Å²) in [4.78, 5) is 6.74. The van der Waals surface area contributed by atoms with Crippen molar-refractivity contribution in [3.63, 3.8) is 0 Å². The number of aliphatic hydroxyl groups is 1. The molecule has 4 rings (SSSR count). The fourth-order valence-corrected chi connectivity index (χ4v) is 3.75. The van der Waals surface area contributed by atoms with Gasteiger partial charge in [0, 0.05) is 26.2 Å². The molecule has 1 saturated heterocycles. The third kappa shape index (κ3) is 3.12. The lowest BCUT2D eigenvalue weighted by Gasteiger charge is -2.38. The van der Waals surface area contributed by atoms with Gasteiger partial charge in [0.2, 0.25) is 0 Å². The summed E-state index contributed by atoms with van der Waals surface area (Å²) in [6.45, 7) is 6.46. The Balaban J connectivity index is 1.51. The third-order valence-corrected chi connectivity index (χ3v) is 5.26. The molecule has 0 bridgehead atoms. The standard InChI is InChI=1S/C19H26N6O/c1-14(2)25-11-18(21-22-25)19(26)7-4-8-24(12-19)10-15-5-6-17-16(9-15)20-13-23(17)3/h5-6,9,11,13-14,26H,4,7-8,10,12H2,1-3H3/t19-/m1/s1. The molecule has 3 heterocycles. The highest BCUT2D eigenvalue weighted by molar-refractivity contribution is 5.75. The summed E-state index contributed by atoms with van der Waals surface area (Å²) in [6, 6.07) is 6.64. The van der Waals surface area contributed by atoms with Crippen molar-refractivity contribution in [2.75, 3.05) is 13.1 Å². The van der Waals surface area contributed by atoms with E-state index in [0.29, 0.717) is 12.2 Å². The van der Waals surface area contributed by atoms with E-state index in [4.69, 9.17) is 0 Å². The van der Waals surface area contributed by atoms with Crippen LogP contribution < -0.4 is 0 Å². The van der Waals surface area contributed by atoms with Crippen LogP contribution in [0.1, 0.15) is 44.0 Å². The number of nitrogens with zero attached hydrogens (tertiary/aromatic N) is 6. The summed E-state index contributed by atoms with van der Waals surface area (Å²) in [5.74, 6) is 0. The van der Waals surface area contributed by atoms with Crippen LogP contribution in [0.4, 0.5) is 0 Å². The molecule has 2 aromatic heterocycles. The van der Waals surface area contributed by atoms with Crippen LogP contribution in [0.2, 0.25) is 0 Å². The number of fused-ring (bicyclic) bond motifs is 1. The van der Waals surface area contributed by atoms with E-state index in [0.717, 1.165) is 37.0 Å². The maximum atomic E-state index is 11.2. The molecule has 0 radical (unpaired) electrons. The minimum Gasteiger partial charge on any atom is -0.382 e. The van der Waals surface area contributed by atoms with Gasteiger partial charge in [-0.05, 0) is 50.9 Å². The number of aromatic nitrogens is 5. The largest absolute Gasteiger partial charge is 0.382 e. The molecule has 0 aliphatic carbocycles.